The average Bonchev–Trinajstić information content (AvgIpc) is 2.35. The van der Waals surface area contributed by atoms with Crippen LogP contribution in [0.1, 0.15) is 15.9 Å². The van der Waals surface area contributed by atoms with Gasteiger partial charge >= 0.3 is 5.97 Å². The summed E-state index contributed by atoms with van der Waals surface area (Å²) >= 11 is 6.01. The molecule has 0 bridgehead atoms. The third-order valence-corrected chi connectivity index (χ3v) is 3.11. The summed E-state index contributed by atoms with van der Waals surface area (Å²) < 4.78 is 13.8. The van der Waals surface area contributed by atoms with Crippen LogP contribution in [-0.2, 0) is 0 Å². The second-order valence-electron chi connectivity index (χ2n) is 4.29. The molecule has 0 heterocycles. The van der Waals surface area contributed by atoms with Gasteiger partial charge in [-0.3, -0.25) is 0 Å². The number of nitrogens with one attached hydrogen (secondary N) is 1. The van der Waals surface area contributed by atoms with Gasteiger partial charge < -0.3 is 16.2 Å². The summed E-state index contributed by atoms with van der Waals surface area (Å²) in [6.07, 6.45) is 0. The number of nitrogen functional groups attached to an aromatic ring is 1. The first kappa shape index (κ1) is 14.1. The number of anilines is 3. The van der Waals surface area contributed by atoms with Crippen LogP contribution in [0.15, 0.2) is 30.3 Å². The second kappa shape index (κ2) is 5.38. The number of rotatable bonds is 3. The van der Waals surface area contributed by atoms with E-state index in [1.54, 1.807) is 19.1 Å². The molecule has 4 N–H and O–H groups in total. The van der Waals surface area contributed by atoms with E-state index in [2.05, 4.69) is 5.32 Å². The van der Waals surface area contributed by atoms with Crippen molar-refractivity contribution in [2.75, 3.05) is 11.1 Å². The Labute approximate surface area is 120 Å². The highest BCUT2D eigenvalue weighted by Crippen LogP contribution is 2.33. The summed E-state index contributed by atoms with van der Waals surface area (Å²) in [4.78, 5) is 11.2. The number of halogens is 2. The molecule has 0 aliphatic carbocycles. The van der Waals surface area contributed by atoms with Crippen LogP contribution in [0.3, 0.4) is 0 Å². The van der Waals surface area contributed by atoms with Gasteiger partial charge in [0.15, 0.2) is 0 Å². The summed E-state index contributed by atoms with van der Waals surface area (Å²) in [5.41, 5.74) is 6.61. The molecule has 0 fully saturated rings. The molecule has 0 amide bonds. The zero-order chi connectivity index (χ0) is 14.9. The number of aromatic carboxylic acids is 1. The zero-order valence-corrected chi connectivity index (χ0v) is 11.3. The van der Waals surface area contributed by atoms with Crippen LogP contribution in [0.2, 0.25) is 5.02 Å². The zero-order valence-electron chi connectivity index (χ0n) is 10.6. The van der Waals surface area contributed by atoms with Crippen molar-refractivity contribution in [2.45, 2.75) is 6.92 Å². The fourth-order valence-electron chi connectivity index (χ4n) is 1.84. The van der Waals surface area contributed by atoms with E-state index in [0.29, 0.717) is 5.56 Å². The molecule has 0 saturated heterocycles. The number of aryl methyl sites for hydroxylation is 1. The molecular weight excluding hydrogens is 283 g/mol. The lowest BCUT2D eigenvalue weighted by Crippen LogP contribution is -2.06. The van der Waals surface area contributed by atoms with Gasteiger partial charge in [-0.1, -0.05) is 23.7 Å². The van der Waals surface area contributed by atoms with Gasteiger partial charge in [0.05, 0.1) is 22.0 Å². The van der Waals surface area contributed by atoms with Gasteiger partial charge in [0.2, 0.25) is 0 Å². The van der Waals surface area contributed by atoms with Gasteiger partial charge in [0.25, 0.3) is 0 Å². The van der Waals surface area contributed by atoms with Gasteiger partial charge in [-0.2, -0.15) is 0 Å². The van der Waals surface area contributed by atoms with Crippen LogP contribution in [0.4, 0.5) is 21.5 Å². The molecule has 0 aliphatic heterocycles. The Balaban J connectivity index is 2.56. The van der Waals surface area contributed by atoms with Gasteiger partial charge in [-0.15, -0.1) is 0 Å². The van der Waals surface area contributed by atoms with E-state index in [1.165, 1.54) is 18.2 Å². The Kier molecular flexibility index (Phi) is 3.81. The third-order valence-electron chi connectivity index (χ3n) is 2.81. The first-order valence-corrected chi connectivity index (χ1v) is 6.12. The summed E-state index contributed by atoms with van der Waals surface area (Å²) in [6, 6.07) is 7.23. The summed E-state index contributed by atoms with van der Waals surface area (Å²) in [5, 5.41) is 12.0. The minimum atomic E-state index is -1.20. The minimum absolute atomic E-state index is 0.113. The number of benzene rings is 2. The van der Waals surface area contributed by atoms with Crippen molar-refractivity contribution in [1.29, 1.82) is 0 Å². The van der Waals surface area contributed by atoms with E-state index in [4.69, 9.17) is 17.3 Å². The highest BCUT2D eigenvalue weighted by atomic mass is 35.5. The topological polar surface area (TPSA) is 75.3 Å². The maximum atomic E-state index is 13.8. The van der Waals surface area contributed by atoms with E-state index < -0.39 is 11.8 Å². The first-order chi connectivity index (χ1) is 9.40. The molecule has 20 heavy (non-hydrogen) atoms. The number of carboxylic acids is 1. The van der Waals surface area contributed by atoms with E-state index in [-0.39, 0.29) is 27.6 Å². The van der Waals surface area contributed by atoms with Crippen molar-refractivity contribution >= 4 is 34.6 Å². The Morgan fingerprint density at radius 2 is 2.05 bits per heavy atom. The summed E-state index contributed by atoms with van der Waals surface area (Å²) in [7, 11) is 0. The summed E-state index contributed by atoms with van der Waals surface area (Å²) in [6.45, 7) is 1.71. The molecular formula is C14H12ClFN2O2. The Morgan fingerprint density at radius 1 is 1.35 bits per heavy atom. The third kappa shape index (κ3) is 2.67. The van der Waals surface area contributed by atoms with Crippen LogP contribution in [0.5, 0.6) is 0 Å². The number of nitrogens with two attached hydrogens (primary N) is 1. The highest BCUT2D eigenvalue weighted by Gasteiger charge is 2.17. The van der Waals surface area contributed by atoms with E-state index >= 15 is 0 Å². The fraction of sp³-hybridized carbons (Fsp3) is 0.0714. The number of hydrogen-bond acceptors (Lipinski definition) is 3. The molecule has 2 aromatic rings. The molecule has 4 nitrogen and oxygen atoms in total. The van der Waals surface area contributed by atoms with Gasteiger partial charge in [-0.25, -0.2) is 9.18 Å². The van der Waals surface area contributed by atoms with E-state index in [9.17, 15) is 14.3 Å². The molecule has 0 radical (unpaired) electrons. The standard InChI is InChI=1S/C14H12ClFN2O2/c1-7-3-2-4-11(16)12(7)18-13-9(14(19)20)5-8(17)6-10(13)15/h2-6,18H,17H2,1H3,(H,19,20). The largest absolute Gasteiger partial charge is 0.478 e. The molecule has 0 aliphatic rings. The maximum absolute atomic E-state index is 13.8. The predicted octanol–water partition coefficient (Wildman–Crippen LogP) is 3.81. The van der Waals surface area contributed by atoms with Crippen LogP contribution in [0, 0.1) is 12.7 Å². The molecule has 0 spiro atoms. The fourth-order valence-corrected chi connectivity index (χ4v) is 2.11. The normalized spacial score (nSPS) is 10.3. The van der Waals surface area contributed by atoms with Crippen molar-refractivity contribution in [2.24, 2.45) is 0 Å². The smallest absolute Gasteiger partial charge is 0.337 e. The number of para-hydroxylation sites is 1. The molecule has 0 atom stereocenters. The van der Waals surface area contributed by atoms with Crippen molar-refractivity contribution in [1.82, 2.24) is 0 Å². The summed E-state index contributed by atoms with van der Waals surface area (Å²) in [5.74, 6) is -1.69. The minimum Gasteiger partial charge on any atom is -0.478 e. The van der Waals surface area contributed by atoms with Crippen molar-refractivity contribution in [3.8, 4) is 0 Å². The quantitative estimate of drug-likeness (QED) is 0.752. The Morgan fingerprint density at radius 3 is 2.65 bits per heavy atom. The number of carboxylic acid groups (broad SMARTS) is 1. The SMILES string of the molecule is Cc1cccc(F)c1Nc1c(Cl)cc(N)cc1C(=O)O. The van der Waals surface area contributed by atoms with Crippen molar-refractivity contribution in [3.63, 3.8) is 0 Å². The number of hydrogen-bond donors (Lipinski definition) is 3. The second-order valence-corrected chi connectivity index (χ2v) is 4.69. The number of carbonyl (C=O) groups is 1. The van der Waals surface area contributed by atoms with Crippen LogP contribution >= 0.6 is 11.6 Å². The lowest BCUT2D eigenvalue weighted by atomic mass is 10.1. The molecule has 2 rings (SSSR count). The molecule has 104 valence electrons. The highest BCUT2D eigenvalue weighted by molar-refractivity contribution is 6.34. The Hall–Kier alpha value is -2.27. The average molecular weight is 295 g/mol. The van der Waals surface area contributed by atoms with E-state index in [0.717, 1.165) is 0 Å². The van der Waals surface area contributed by atoms with Crippen LogP contribution in [0.25, 0.3) is 0 Å². The molecule has 2 aromatic carbocycles. The lowest BCUT2D eigenvalue weighted by molar-refractivity contribution is 0.0698. The van der Waals surface area contributed by atoms with Gasteiger partial charge in [0.1, 0.15) is 5.82 Å². The van der Waals surface area contributed by atoms with Crippen LogP contribution in [-0.4, -0.2) is 11.1 Å². The van der Waals surface area contributed by atoms with Crippen molar-refractivity contribution < 1.29 is 14.3 Å². The van der Waals surface area contributed by atoms with Crippen molar-refractivity contribution in [3.05, 3.63) is 52.3 Å². The lowest BCUT2D eigenvalue weighted by Gasteiger charge is -2.15. The molecule has 0 aromatic heterocycles. The molecule has 0 saturated carbocycles. The molecule has 6 heteroatoms. The molecule has 0 unspecified atom stereocenters. The maximum Gasteiger partial charge on any atom is 0.337 e. The predicted molar refractivity (Wildman–Crippen MR) is 77.2 cm³/mol. The monoisotopic (exact) mass is 294 g/mol. The van der Waals surface area contributed by atoms with E-state index in [1.807, 2.05) is 0 Å². The Bertz CT molecular complexity index is 669. The first-order valence-electron chi connectivity index (χ1n) is 5.74. The van der Waals surface area contributed by atoms with Gasteiger partial charge in [-0.05, 0) is 30.7 Å². The van der Waals surface area contributed by atoms with Gasteiger partial charge in [0, 0.05) is 5.69 Å². The van der Waals surface area contributed by atoms with Crippen LogP contribution < -0.4 is 11.1 Å².